The maximum Gasteiger partial charge on any atom is 0.224 e. The molecular weight excluding hydrogens is 230 g/mol. The zero-order valence-electron chi connectivity index (χ0n) is 10.1. The summed E-state index contributed by atoms with van der Waals surface area (Å²) in [4.78, 5) is 18.6. The van der Waals surface area contributed by atoms with Crippen LogP contribution in [0, 0.1) is 6.07 Å². The van der Waals surface area contributed by atoms with Crippen molar-refractivity contribution in [3.63, 3.8) is 0 Å². The standard InChI is InChI=1S/C13H14N3O2/c1-18-12-4-2-3-10(7-12)16-13(17)6-5-11-8-14-9-15-11/h2-4,8-9H,5-6H2,1H3,(H,14,15)(H,16,17). The zero-order valence-corrected chi connectivity index (χ0v) is 10.1. The van der Waals surface area contributed by atoms with Crippen LogP contribution in [0.5, 0.6) is 5.75 Å². The number of imidazole rings is 1. The second kappa shape index (κ2) is 5.86. The normalized spacial score (nSPS) is 10.1. The monoisotopic (exact) mass is 244 g/mol. The second-order valence-electron chi connectivity index (χ2n) is 3.74. The van der Waals surface area contributed by atoms with Crippen molar-refractivity contribution in [2.75, 3.05) is 12.4 Å². The van der Waals surface area contributed by atoms with Crippen molar-refractivity contribution in [1.29, 1.82) is 0 Å². The van der Waals surface area contributed by atoms with Gasteiger partial charge in [-0.25, -0.2) is 4.98 Å². The number of aromatic nitrogens is 2. The number of carbonyl (C=O) groups excluding carboxylic acids is 1. The lowest BCUT2D eigenvalue weighted by Gasteiger charge is -2.05. The van der Waals surface area contributed by atoms with Gasteiger partial charge in [0.25, 0.3) is 0 Å². The molecule has 1 aromatic carbocycles. The zero-order chi connectivity index (χ0) is 12.8. The first-order valence-corrected chi connectivity index (χ1v) is 5.62. The molecule has 5 nitrogen and oxygen atoms in total. The fourth-order valence-corrected chi connectivity index (χ4v) is 1.52. The van der Waals surface area contributed by atoms with Crippen molar-refractivity contribution in [2.45, 2.75) is 12.8 Å². The van der Waals surface area contributed by atoms with E-state index in [1.54, 1.807) is 37.8 Å². The van der Waals surface area contributed by atoms with Gasteiger partial charge < -0.3 is 15.0 Å². The lowest BCUT2D eigenvalue weighted by Crippen LogP contribution is -2.12. The number of nitrogens with one attached hydrogen (secondary N) is 2. The van der Waals surface area contributed by atoms with Gasteiger partial charge in [0.1, 0.15) is 5.75 Å². The number of carbonyl (C=O) groups is 1. The fourth-order valence-electron chi connectivity index (χ4n) is 1.52. The number of aryl methyl sites for hydroxylation is 1. The summed E-state index contributed by atoms with van der Waals surface area (Å²) in [7, 11) is 1.56. The van der Waals surface area contributed by atoms with Crippen molar-refractivity contribution in [3.05, 3.63) is 42.5 Å². The Morgan fingerprint density at radius 1 is 1.56 bits per heavy atom. The number of hydrogen-bond donors (Lipinski definition) is 2. The number of rotatable bonds is 5. The van der Waals surface area contributed by atoms with E-state index in [-0.39, 0.29) is 5.91 Å². The minimum atomic E-state index is -0.0671. The summed E-state index contributed by atoms with van der Waals surface area (Å²) in [6, 6.07) is 8.30. The van der Waals surface area contributed by atoms with E-state index in [1.807, 2.05) is 0 Å². The molecule has 0 aliphatic heterocycles. The van der Waals surface area contributed by atoms with E-state index in [0.717, 1.165) is 5.69 Å². The molecule has 1 aromatic heterocycles. The second-order valence-corrected chi connectivity index (χ2v) is 3.74. The lowest BCUT2D eigenvalue weighted by atomic mass is 10.2. The molecule has 5 heteroatoms. The fraction of sp³-hybridized carbons (Fsp3) is 0.231. The Labute approximate surface area is 105 Å². The molecule has 93 valence electrons. The predicted octanol–water partition coefficient (Wildman–Crippen LogP) is 1.79. The third-order valence-electron chi connectivity index (χ3n) is 2.43. The highest BCUT2D eigenvalue weighted by Crippen LogP contribution is 2.15. The third-order valence-corrected chi connectivity index (χ3v) is 2.43. The largest absolute Gasteiger partial charge is 0.496 e. The molecule has 0 saturated heterocycles. The van der Waals surface area contributed by atoms with E-state index in [9.17, 15) is 4.79 Å². The van der Waals surface area contributed by atoms with Crippen LogP contribution in [0.1, 0.15) is 12.1 Å². The van der Waals surface area contributed by atoms with Crippen LogP contribution in [0.3, 0.4) is 0 Å². The van der Waals surface area contributed by atoms with Crippen LogP contribution in [-0.4, -0.2) is 23.0 Å². The highest BCUT2D eigenvalue weighted by molar-refractivity contribution is 5.90. The van der Waals surface area contributed by atoms with Crippen LogP contribution in [0.15, 0.2) is 30.7 Å². The number of H-pyrrole nitrogens is 1. The van der Waals surface area contributed by atoms with Gasteiger partial charge in [-0.15, -0.1) is 0 Å². The van der Waals surface area contributed by atoms with Gasteiger partial charge in [-0.05, 0) is 18.6 Å². The van der Waals surface area contributed by atoms with Gasteiger partial charge in [0, 0.05) is 12.6 Å². The topological polar surface area (TPSA) is 67.0 Å². The predicted molar refractivity (Wildman–Crippen MR) is 67.4 cm³/mol. The number of amides is 1. The van der Waals surface area contributed by atoms with Crippen LogP contribution in [-0.2, 0) is 11.2 Å². The quantitative estimate of drug-likeness (QED) is 0.842. The highest BCUT2D eigenvalue weighted by Gasteiger charge is 2.05. The van der Waals surface area contributed by atoms with Crippen LogP contribution >= 0.6 is 0 Å². The van der Waals surface area contributed by atoms with Crippen molar-refractivity contribution in [2.24, 2.45) is 0 Å². The molecule has 0 unspecified atom stereocenters. The average molecular weight is 244 g/mol. The molecule has 0 bridgehead atoms. The Kier molecular flexibility index (Phi) is 3.96. The maximum absolute atomic E-state index is 11.7. The van der Waals surface area contributed by atoms with E-state index in [2.05, 4.69) is 21.4 Å². The summed E-state index contributed by atoms with van der Waals surface area (Å²) in [6.45, 7) is 0. The Hall–Kier alpha value is -2.30. The van der Waals surface area contributed by atoms with Gasteiger partial charge in [-0.1, -0.05) is 6.07 Å². The molecule has 0 spiro atoms. The van der Waals surface area contributed by atoms with Crippen LogP contribution in [0.25, 0.3) is 0 Å². The SMILES string of the molecule is COc1[c]c(NC(=O)CCc2c[nH]cn2)ccc1. The number of anilines is 1. The Balaban J connectivity index is 1.86. The summed E-state index contributed by atoms with van der Waals surface area (Å²) >= 11 is 0. The van der Waals surface area contributed by atoms with E-state index in [4.69, 9.17) is 4.74 Å². The minimum absolute atomic E-state index is 0.0671. The Bertz CT molecular complexity index is 509. The summed E-state index contributed by atoms with van der Waals surface area (Å²) in [5.74, 6) is 0.530. The van der Waals surface area contributed by atoms with Gasteiger partial charge in [0.2, 0.25) is 5.91 Å². The number of hydrogen-bond acceptors (Lipinski definition) is 3. The molecule has 18 heavy (non-hydrogen) atoms. The number of ether oxygens (including phenoxy) is 1. The molecule has 1 heterocycles. The van der Waals surface area contributed by atoms with Gasteiger partial charge in [0.05, 0.1) is 30.9 Å². The molecule has 2 N–H and O–H groups in total. The van der Waals surface area contributed by atoms with Crippen LogP contribution in [0.2, 0.25) is 0 Å². The van der Waals surface area contributed by atoms with Crippen molar-refractivity contribution >= 4 is 11.6 Å². The molecule has 1 amide bonds. The van der Waals surface area contributed by atoms with Gasteiger partial charge in [0.15, 0.2) is 0 Å². The highest BCUT2D eigenvalue weighted by atomic mass is 16.5. The first kappa shape index (κ1) is 12.2. The first-order chi connectivity index (χ1) is 8.78. The third kappa shape index (κ3) is 3.35. The summed E-state index contributed by atoms with van der Waals surface area (Å²) in [5.41, 5.74) is 1.49. The Morgan fingerprint density at radius 3 is 3.17 bits per heavy atom. The van der Waals surface area contributed by atoms with Gasteiger partial charge in [-0.3, -0.25) is 4.79 Å². The molecular formula is C13H14N3O2. The molecule has 0 aliphatic carbocycles. The van der Waals surface area contributed by atoms with Crippen molar-refractivity contribution < 1.29 is 9.53 Å². The van der Waals surface area contributed by atoms with E-state index in [1.165, 1.54) is 0 Å². The minimum Gasteiger partial charge on any atom is -0.496 e. The van der Waals surface area contributed by atoms with Crippen molar-refractivity contribution in [1.82, 2.24) is 9.97 Å². The molecule has 1 radical (unpaired) electrons. The van der Waals surface area contributed by atoms with E-state index >= 15 is 0 Å². The van der Waals surface area contributed by atoms with E-state index < -0.39 is 0 Å². The molecule has 0 fully saturated rings. The summed E-state index contributed by atoms with van der Waals surface area (Å²) in [5, 5.41) is 2.77. The molecule has 2 aromatic rings. The molecule has 0 atom stereocenters. The maximum atomic E-state index is 11.7. The number of aromatic amines is 1. The summed E-state index contributed by atoms with van der Waals surface area (Å²) < 4.78 is 5.03. The lowest BCUT2D eigenvalue weighted by molar-refractivity contribution is -0.116. The molecule has 2 rings (SSSR count). The first-order valence-electron chi connectivity index (χ1n) is 5.62. The smallest absolute Gasteiger partial charge is 0.224 e. The molecule has 0 saturated carbocycles. The number of benzene rings is 1. The number of nitrogens with zero attached hydrogens (tertiary/aromatic N) is 1. The summed E-state index contributed by atoms with van der Waals surface area (Å²) in [6.07, 6.45) is 4.38. The van der Waals surface area contributed by atoms with Crippen LogP contribution < -0.4 is 10.1 Å². The van der Waals surface area contributed by atoms with Crippen LogP contribution in [0.4, 0.5) is 5.69 Å². The molecule has 0 aliphatic rings. The van der Waals surface area contributed by atoms with Crippen molar-refractivity contribution in [3.8, 4) is 5.75 Å². The van der Waals surface area contributed by atoms with Gasteiger partial charge in [-0.2, -0.15) is 0 Å². The Morgan fingerprint density at radius 2 is 2.44 bits per heavy atom. The number of methoxy groups -OCH3 is 1. The van der Waals surface area contributed by atoms with E-state index in [0.29, 0.717) is 24.3 Å². The average Bonchev–Trinajstić information content (AvgIpc) is 2.90. The van der Waals surface area contributed by atoms with Gasteiger partial charge >= 0.3 is 0 Å².